The molecular formula is C17H23N5O2. The van der Waals surface area contributed by atoms with Crippen molar-refractivity contribution in [1.29, 1.82) is 0 Å². The summed E-state index contributed by atoms with van der Waals surface area (Å²) in [5, 5.41) is 7.01. The predicted octanol–water partition coefficient (Wildman–Crippen LogP) is 0.988. The van der Waals surface area contributed by atoms with Gasteiger partial charge in [-0.1, -0.05) is 24.3 Å². The first-order valence-corrected chi connectivity index (χ1v) is 8.23. The number of aromatic nitrogens is 3. The molecule has 0 unspecified atom stereocenters. The molecule has 0 bridgehead atoms. The van der Waals surface area contributed by atoms with Gasteiger partial charge < -0.3 is 10.1 Å². The Labute approximate surface area is 141 Å². The maximum Gasteiger partial charge on any atom is 0.244 e. The first-order chi connectivity index (χ1) is 11.7. The molecule has 1 aliphatic heterocycles. The third kappa shape index (κ3) is 4.18. The number of rotatable bonds is 6. The number of ether oxygens (including phenoxy) is 1. The highest BCUT2D eigenvalue weighted by molar-refractivity contribution is 5.79. The molecule has 2 aromatic rings. The number of amides is 1. The van der Waals surface area contributed by atoms with Crippen LogP contribution in [0.2, 0.25) is 0 Å². The van der Waals surface area contributed by atoms with Gasteiger partial charge >= 0.3 is 0 Å². The van der Waals surface area contributed by atoms with Gasteiger partial charge in [0.2, 0.25) is 5.91 Å². The van der Waals surface area contributed by atoms with Crippen molar-refractivity contribution >= 4 is 5.91 Å². The van der Waals surface area contributed by atoms with Crippen LogP contribution in [0.1, 0.15) is 24.1 Å². The molecule has 1 fully saturated rings. The van der Waals surface area contributed by atoms with Crippen molar-refractivity contribution in [3.63, 3.8) is 0 Å². The van der Waals surface area contributed by atoms with Crippen LogP contribution in [-0.2, 0) is 22.6 Å². The van der Waals surface area contributed by atoms with Crippen LogP contribution in [0.4, 0.5) is 0 Å². The normalized spacial score (nSPS) is 16.7. The highest BCUT2D eigenvalue weighted by Gasteiger charge is 2.16. The Morgan fingerprint density at radius 2 is 2.04 bits per heavy atom. The molecule has 1 aliphatic rings. The highest BCUT2D eigenvalue weighted by Crippen LogP contribution is 2.13. The van der Waals surface area contributed by atoms with E-state index in [2.05, 4.69) is 32.4 Å². The van der Waals surface area contributed by atoms with Crippen LogP contribution in [0.5, 0.6) is 0 Å². The standard InChI is InChI=1S/C17H23N5O2/c1-14(22-13-18-12-20-22)17(23)19-10-15-4-2-3-5-16(15)11-21-6-8-24-9-7-21/h2-5,12-14H,6-11H2,1H3,(H,19,23)/t14-/m1/s1. The Balaban J connectivity index is 1.59. The van der Waals surface area contributed by atoms with E-state index in [1.165, 1.54) is 11.9 Å². The molecule has 1 aromatic heterocycles. The highest BCUT2D eigenvalue weighted by atomic mass is 16.5. The van der Waals surface area contributed by atoms with E-state index in [-0.39, 0.29) is 11.9 Å². The molecule has 7 heteroatoms. The van der Waals surface area contributed by atoms with Gasteiger partial charge in [-0.25, -0.2) is 9.67 Å². The summed E-state index contributed by atoms with van der Waals surface area (Å²) in [6, 6.07) is 7.86. The van der Waals surface area contributed by atoms with Gasteiger partial charge in [0.05, 0.1) is 13.2 Å². The minimum Gasteiger partial charge on any atom is -0.379 e. The van der Waals surface area contributed by atoms with Crippen LogP contribution in [0.25, 0.3) is 0 Å². The van der Waals surface area contributed by atoms with Crippen molar-refractivity contribution in [2.24, 2.45) is 0 Å². The first kappa shape index (κ1) is 16.6. The van der Waals surface area contributed by atoms with Crippen molar-refractivity contribution in [1.82, 2.24) is 25.0 Å². The van der Waals surface area contributed by atoms with Crippen LogP contribution in [0.3, 0.4) is 0 Å². The summed E-state index contributed by atoms with van der Waals surface area (Å²) in [4.78, 5) is 18.5. The van der Waals surface area contributed by atoms with Crippen LogP contribution in [0.15, 0.2) is 36.9 Å². The molecule has 0 radical (unpaired) electrons. The number of hydrogen-bond donors (Lipinski definition) is 1. The van der Waals surface area contributed by atoms with Gasteiger partial charge in [0, 0.05) is 26.2 Å². The summed E-state index contributed by atoms with van der Waals surface area (Å²) in [6.07, 6.45) is 2.98. The fourth-order valence-corrected chi connectivity index (χ4v) is 2.75. The summed E-state index contributed by atoms with van der Waals surface area (Å²) in [7, 11) is 0. The molecule has 24 heavy (non-hydrogen) atoms. The Morgan fingerprint density at radius 1 is 1.29 bits per heavy atom. The monoisotopic (exact) mass is 329 g/mol. The van der Waals surface area contributed by atoms with Crippen molar-refractivity contribution in [2.45, 2.75) is 26.1 Å². The lowest BCUT2D eigenvalue weighted by Crippen LogP contribution is -2.36. The lowest BCUT2D eigenvalue weighted by Gasteiger charge is -2.27. The summed E-state index contributed by atoms with van der Waals surface area (Å²) in [5.74, 6) is -0.0679. The molecule has 1 saturated heterocycles. The Bertz CT molecular complexity index is 653. The average molecular weight is 329 g/mol. The fourth-order valence-electron chi connectivity index (χ4n) is 2.75. The van der Waals surface area contributed by atoms with E-state index in [0.29, 0.717) is 6.54 Å². The number of benzene rings is 1. The van der Waals surface area contributed by atoms with Gasteiger partial charge in [-0.15, -0.1) is 0 Å². The van der Waals surface area contributed by atoms with Crippen molar-refractivity contribution in [3.8, 4) is 0 Å². The number of hydrogen-bond acceptors (Lipinski definition) is 5. The second-order valence-corrected chi connectivity index (χ2v) is 5.93. The molecule has 3 rings (SSSR count). The van der Waals surface area contributed by atoms with Gasteiger partial charge in [-0.2, -0.15) is 5.10 Å². The summed E-state index contributed by atoms with van der Waals surface area (Å²) < 4.78 is 6.95. The number of carbonyl (C=O) groups excluding carboxylic acids is 1. The third-order valence-electron chi connectivity index (χ3n) is 4.28. The smallest absolute Gasteiger partial charge is 0.244 e. The second kappa shape index (κ2) is 8.03. The molecule has 2 heterocycles. The van der Waals surface area contributed by atoms with Crippen molar-refractivity contribution in [2.75, 3.05) is 26.3 Å². The lowest BCUT2D eigenvalue weighted by molar-refractivity contribution is -0.124. The predicted molar refractivity (Wildman–Crippen MR) is 89.1 cm³/mol. The van der Waals surface area contributed by atoms with Gasteiger partial charge in [0.1, 0.15) is 18.7 Å². The van der Waals surface area contributed by atoms with E-state index in [9.17, 15) is 4.79 Å². The maximum absolute atomic E-state index is 12.3. The Morgan fingerprint density at radius 3 is 2.75 bits per heavy atom. The number of nitrogens with zero attached hydrogens (tertiary/aromatic N) is 4. The summed E-state index contributed by atoms with van der Waals surface area (Å²) >= 11 is 0. The van der Waals surface area contributed by atoms with Crippen molar-refractivity contribution in [3.05, 3.63) is 48.0 Å². The average Bonchev–Trinajstić information content (AvgIpc) is 3.15. The molecule has 1 N–H and O–H groups in total. The lowest BCUT2D eigenvalue weighted by atomic mass is 10.1. The first-order valence-electron chi connectivity index (χ1n) is 8.23. The molecule has 0 aliphatic carbocycles. The SMILES string of the molecule is C[C@H](C(=O)NCc1ccccc1CN1CCOCC1)n1cncn1. The van der Waals surface area contributed by atoms with E-state index >= 15 is 0 Å². The maximum atomic E-state index is 12.3. The van der Waals surface area contributed by atoms with E-state index in [1.54, 1.807) is 11.0 Å². The van der Waals surface area contributed by atoms with Gasteiger partial charge in [0.15, 0.2) is 0 Å². The van der Waals surface area contributed by atoms with E-state index in [1.807, 2.05) is 19.1 Å². The summed E-state index contributed by atoms with van der Waals surface area (Å²) in [5.41, 5.74) is 2.39. The Hall–Kier alpha value is -2.25. The minimum absolute atomic E-state index is 0.0679. The Kier molecular flexibility index (Phi) is 5.55. The third-order valence-corrected chi connectivity index (χ3v) is 4.28. The molecule has 1 atom stereocenters. The zero-order valence-corrected chi connectivity index (χ0v) is 13.9. The molecule has 1 aromatic carbocycles. The second-order valence-electron chi connectivity index (χ2n) is 5.93. The van der Waals surface area contributed by atoms with Gasteiger partial charge in [-0.05, 0) is 18.1 Å². The molecule has 1 amide bonds. The van der Waals surface area contributed by atoms with E-state index in [0.717, 1.165) is 38.4 Å². The number of carbonyl (C=O) groups is 1. The van der Waals surface area contributed by atoms with Crippen LogP contribution in [-0.4, -0.2) is 51.9 Å². The van der Waals surface area contributed by atoms with Crippen LogP contribution in [0, 0.1) is 0 Å². The molecule has 128 valence electrons. The molecular weight excluding hydrogens is 306 g/mol. The minimum atomic E-state index is -0.376. The topological polar surface area (TPSA) is 72.3 Å². The fraction of sp³-hybridized carbons (Fsp3) is 0.471. The van der Waals surface area contributed by atoms with Crippen LogP contribution >= 0.6 is 0 Å². The number of morpholine rings is 1. The summed E-state index contributed by atoms with van der Waals surface area (Å²) in [6.45, 7) is 6.67. The zero-order valence-electron chi connectivity index (χ0n) is 13.9. The molecule has 0 spiro atoms. The largest absolute Gasteiger partial charge is 0.379 e. The van der Waals surface area contributed by atoms with Crippen molar-refractivity contribution < 1.29 is 9.53 Å². The zero-order chi connectivity index (χ0) is 16.8. The van der Waals surface area contributed by atoms with E-state index in [4.69, 9.17) is 4.74 Å². The van der Waals surface area contributed by atoms with Gasteiger partial charge in [0.25, 0.3) is 0 Å². The molecule has 0 saturated carbocycles. The quantitative estimate of drug-likeness (QED) is 0.855. The van der Waals surface area contributed by atoms with Crippen LogP contribution < -0.4 is 5.32 Å². The van der Waals surface area contributed by atoms with Gasteiger partial charge in [-0.3, -0.25) is 9.69 Å². The molecule has 7 nitrogen and oxygen atoms in total. The number of nitrogens with one attached hydrogen (secondary N) is 1. The van der Waals surface area contributed by atoms with E-state index < -0.39 is 0 Å².